The number of hydrogen-bond acceptors (Lipinski definition) is 4. The van der Waals surface area contributed by atoms with Gasteiger partial charge >= 0.3 is 5.69 Å². The average Bonchev–Trinajstić information content (AvgIpc) is 2.40. The minimum Gasteiger partial charge on any atom is -0.307 e. The van der Waals surface area contributed by atoms with E-state index in [1.54, 1.807) is 18.3 Å². The van der Waals surface area contributed by atoms with Crippen LogP contribution in [0.3, 0.4) is 0 Å². The molecule has 20 heavy (non-hydrogen) atoms. The zero-order chi connectivity index (χ0) is 14.7. The molecule has 1 heterocycles. The van der Waals surface area contributed by atoms with Gasteiger partial charge in [0.2, 0.25) is 5.82 Å². The molecule has 1 aromatic carbocycles. The van der Waals surface area contributed by atoms with Gasteiger partial charge in [-0.15, -0.1) is 0 Å². The van der Waals surface area contributed by atoms with Crippen LogP contribution in [-0.4, -0.2) is 15.8 Å². The fourth-order valence-electron chi connectivity index (χ4n) is 1.53. The van der Waals surface area contributed by atoms with Gasteiger partial charge in [0.25, 0.3) is 5.91 Å². The molecule has 0 unspecified atom stereocenters. The molecule has 2 rings (SSSR count). The van der Waals surface area contributed by atoms with Crippen LogP contribution in [0.1, 0.15) is 15.9 Å². The van der Waals surface area contributed by atoms with Crippen LogP contribution in [0.5, 0.6) is 0 Å². The molecule has 0 aliphatic rings. The van der Waals surface area contributed by atoms with Gasteiger partial charge in [-0.05, 0) is 30.7 Å². The second-order valence-corrected chi connectivity index (χ2v) is 4.10. The SMILES string of the molecule is Cc1ccc(NC(=O)c2ccc([N+](=O)[O-])c(F)c2)nc1. The van der Waals surface area contributed by atoms with Crippen molar-refractivity contribution in [1.29, 1.82) is 0 Å². The van der Waals surface area contributed by atoms with Crippen LogP contribution in [-0.2, 0) is 0 Å². The van der Waals surface area contributed by atoms with E-state index in [2.05, 4.69) is 10.3 Å². The van der Waals surface area contributed by atoms with Crippen LogP contribution in [0.25, 0.3) is 0 Å². The smallest absolute Gasteiger partial charge is 0.304 e. The van der Waals surface area contributed by atoms with Gasteiger partial charge in [-0.2, -0.15) is 4.39 Å². The van der Waals surface area contributed by atoms with Crippen LogP contribution in [0.2, 0.25) is 0 Å². The normalized spacial score (nSPS) is 10.1. The van der Waals surface area contributed by atoms with E-state index >= 15 is 0 Å². The quantitative estimate of drug-likeness (QED) is 0.689. The molecule has 102 valence electrons. The predicted molar refractivity (Wildman–Crippen MR) is 70.0 cm³/mol. The zero-order valence-corrected chi connectivity index (χ0v) is 10.5. The second kappa shape index (κ2) is 5.43. The molecule has 1 amide bonds. The summed E-state index contributed by atoms with van der Waals surface area (Å²) < 4.78 is 13.4. The van der Waals surface area contributed by atoms with Crippen LogP contribution in [0.15, 0.2) is 36.5 Å². The van der Waals surface area contributed by atoms with E-state index in [0.717, 1.165) is 17.7 Å². The monoisotopic (exact) mass is 275 g/mol. The number of carbonyl (C=O) groups excluding carboxylic acids is 1. The van der Waals surface area contributed by atoms with E-state index in [9.17, 15) is 19.3 Å². The Hall–Kier alpha value is -2.83. The van der Waals surface area contributed by atoms with Gasteiger partial charge in [-0.25, -0.2) is 4.98 Å². The Labute approximate surface area is 113 Å². The first-order valence-corrected chi connectivity index (χ1v) is 5.65. The van der Waals surface area contributed by atoms with Crippen LogP contribution >= 0.6 is 0 Å². The Morgan fingerprint density at radius 2 is 2.10 bits per heavy atom. The number of rotatable bonds is 3. The lowest BCUT2D eigenvalue weighted by Gasteiger charge is -2.04. The minimum atomic E-state index is -1.06. The highest BCUT2D eigenvalue weighted by atomic mass is 19.1. The number of anilines is 1. The first kappa shape index (κ1) is 13.6. The number of halogens is 1. The maximum Gasteiger partial charge on any atom is 0.304 e. The van der Waals surface area contributed by atoms with Crippen molar-refractivity contribution in [1.82, 2.24) is 4.98 Å². The van der Waals surface area contributed by atoms with Crippen molar-refractivity contribution in [2.45, 2.75) is 6.92 Å². The molecule has 0 radical (unpaired) electrons. The predicted octanol–water partition coefficient (Wildman–Crippen LogP) is 2.69. The summed E-state index contributed by atoms with van der Waals surface area (Å²) in [6.07, 6.45) is 1.58. The topological polar surface area (TPSA) is 85.1 Å². The molecule has 0 aliphatic carbocycles. The van der Waals surface area contributed by atoms with Gasteiger partial charge in [-0.1, -0.05) is 6.07 Å². The number of amides is 1. The van der Waals surface area contributed by atoms with E-state index in [1.807, 2.05) is 6.92 Å². The summed E-state index contributed by atoms with van der Waals surface area (Å²) in [7, 11) is 0. The second-order valence-electron chi connectivity index (χ2n) is 4.10. The summed E-state index contributed by atoms with van der Waals surface area (Å²) in [5.74, 6) is -1.32. The summed E-state index contributed by atoms with van der Waals surface area (Å²) in [4.78, 5) is 25.5. The number of hydrogen-bond donors (Lipinski definition) is 1. The fraction of sp³-hybridized carbons (Fsp3) is 0.0769. The molecule has 0 saturated heterocycles. The average molecular weight is 275 g/mol. The molecule has 0 saturated carbocycles. The van der Waals surface area contributed by atoms with Gasteiger partial charge in [0.05, 0.1) is 4.92 Å². The van der Waals surface area contributed by atoms with Gasteiger partial charge in [0, 0.05) is 17.8 Å². The number of pyridine rings is 1. The van der Waals surface area contributed by atoms with Crippen molar-refractivity contribution in [3.63, 3.8) is 0 Å². The Bertz CT molecular complexity index is 671. The number of nitrogens with zero attached hydrogens (tertiary/aromatic N) is 2. The van der Waals surface area contributed by atoms with Gasteiger partial charge < -0.3 is 5.32 Å². The Morgan fingerprint density at radius 3 is 2.65 bits per heavy atom. The van der Waals surface area contributed by atoms with Crippen molar-refractivity contribution in [3.05, 3.63) is 63.6 Å². The lowest BCUT2D eigenvalue weighted by molar-refractivity contribution is -0.387. The van der Waals surface area contributed by atoms with Crippen LogP contribution in [0, 0.1) is 22.9 Å². The number of nitro groups is 1. The van der Waals surface area contributed by atoms with Crippen molar-refractivity contribution in [2.75, 3.05) is 5.32 Å². The van der Waals surface area contributed by atoms with E-state index in [-0.39, 0.29) is 5.56 Å². The molecule has 0 aliphatic heterocycles. The lowest BCUT2D eigenvalue weighted by atomic mass is 10.2. The van der Waals surface area contributed by atoms with E-state index in [4.69, 9.17) is 0 Å². The van der Waals surface area contributed by atoms with Crippen molar-refractivity contribution >= 4 is 17.4 Å². The molecule has 2 aromatic rings. The van der Waals surface area contributed by atoms with E-state index in [0.29, 0.717) is 5.82 Å². The molecule has 0 bridgehead atoms. The third-order valence-corrected chi connectivity index (χ3v) is 2.56. The number of aryl methyl sites for hydroxylation is 1. The Kier molecular flexibility index (Phi) is 3.69. The number of carbonyl (C=O) groups is 1. The highest BCUT2D eigenvalue weighted by Crippen LogP contribution is 2.18. The molecule has 6 nitrogen and oxygen atoms in total. The first-order chi connectivity index (χ1) is 9.47. The number of benzene rings is 1. The largest absolute Gasteiger partial charge is 0.307 e. The maximum absolute atomic E-state index is 13.4. The zero-order valence-electron chi connectivity index (χ0n) is 10.5. The van der Waals surface area contributed by atoms with Crippen LogP contribution < -0.4 is 5.32 Å². The molecule has 0 fully saturated rings. The molecule has 0 atom stereocenters. The molecule has 1 N–H and O–H groups in total. The molecular weight excluding hydrogens is 265 g/mol. The Balaban J connectivity index is 2.19. The van der Waals surface area contributed by atoms with E-state index < -0.39 is 22.3 Å². The summed E-state index contributed by atoms with van der Waals surface area (Å²) in [5, 5.41) is 13.0. The highest BCUT2D eigenvalue weighted by molar-refractivity contribution is 6.03. The van der Waals surface area contributed by atoms with Crippen molar-refractivity contribution in [3.8, 4) is 0 Å². The summed E-state index contributed by atoms with van der Waals surface area (Å²) in [6, 6.07) is 6.33. The third-order valence-electron chi connectivity index (χ3n) is 2.56. The number of nitro benzene ring substituents is 1. The van der Waals surface area contributed by atoms with Crippen molar-refractivity contribution in [2.24, 2.45) is 0 Å². The van der Waals surface area contributed by atoms with Gasteiger partial charge in [-0.3, -0.25) is 14.9 Å². The highest BCUT2D eigenvalue weighted by Gasteiger charge is 2.16. The summed E-state index contributed by atoms with van der Waals surface area (Å²) >= 11 is 0. The summed E-state index contributed by atoms with van der Waals surface area (Å²) in [6.45, 7) is 1.85. The lowest BCUT2D eigenvalue weighted by Crippen LogP contribution is -2.13. The van der Waals surface area contributed by atoms with Gasteiger partial charge in [0.15, 0.2) is 0 Å². The molecular formula is C13H10FN3O3. The summed E-state index contributed by atoms with van der Waals surface area (Å²) in [5.41, 5.74) is 0.245. The minimum absolute atomic E-state index is 0.0181. The molecule has 0 spiro atoms. The number of aromatic nitrogens is 1. The molecule has 1 aromatic heterocycles. The molecule has 7 heteroatoms. The van der Waals surface area contributed by atoms with Crippen molar-refractivity contribution < 1.29 is 14.1 Å². The Morgan fingerprint density at radius 1 is 1.35 bits per heavy atom. The fourth-order valence-corrected chi connectivity index (χ4v) is 1.53. The van der Waals surface area contributed by atoms with Gasteiger partial charge in [0.1, 0.15) is 5.82 Å². The third kappa shape index (κ3) is 2.94. The maximum atomic E-state index is 13.4. The van der Waals surface area contributed by atoms with Crippen LogP contribution in [0.4, 0.5) is 15.9 Å². The first-order valence-electron chi connectivity index (χ1n) is 5.65. The number of nitrogens with one attached hydrogen (secondary N) is 1. The van der Waals surface area contributed by atoms with E-state index in [1.165, 1.54) is 6.07 Å². The standard InChI is InChI=1S/C13H10FN3O3/c1-8-2-5-12(15-7-8)16-13(18)9-3-4-11(17(19)20)10(14)6-9/h2-7H,1H3,(H,15,16,18).